The second-order valence-electron chi connectivity index (χ2n) is 3.72. The van der Waals surface area contributed by atoms with E-state index in [1.807, 2.05) is 42.5 Å². The first-order valence-electron chi connectivity index (χ1n) is 5.32. The van der Waals surface area contributed by atoms with Gasteiger partial charge >= 0.3 is 0 Å². The Bertz CT molecular complexity index is 634. The highest BCUT2D eigenvalue weighted by molar-refractivity contribution is 9.10. The van der Waals surface area contributed by atoms with Crippen molar-refractivity contribution in [3.8, 4) is 6.07 Å². The van der Waals surface area contributed by atoms with E-state index in [-0.39, 0.29) is 0 Å². The van der Waals surface area contributed by atoms with Crippen molar-refractivity contribution in [1.82, 2.24) is 0 Å². The van der Waals surface area contributed by atoms with Crippen LogP contribution in [0.25, 0.3) is 0 Å². The highest BCUT2D eigenvalue weighted by Crippen LogP contribution is 2.18. The maximum atomic E-state index is 12.2. The van der Waals surface area contributed by atoms with Gasteiger partial charge in [-0.2, -0.15) is 5.26 Å². The molecule has 2 rings (SSSR count). The maximum absolute atomic E-state index is 12.2. The lowest BCUT2D eigenvalue weighted by Gasteiger charge is -2.04. The fourth-order valence-corrected chi connectivity index (χ4v) is 3.33. The van der Waals surface area contributed by atoms with Gasteiger partial charge in [0.1, 0.15) is 0 Å². The van der Waals surface area contributed by atoms with E-state index in [2.05, 4.69) is 22.0 Å². The Morgan fingerprint density at radius 2 is 1.94 bits per heavy atom. The summed E-state index contributed by atoms with van der Waals surface area (Å²) in [5.41, 5.74) is 1.40. The van der Waals surface area contributed by atoms with Gasteiger partial charge in [-0.15, -0.1) is 0 Å². The molecule has 1 atom stereocenters. The summed E-state index contributed by atoms with van der Waals surface area (Å²) in [6, 6.07) is 16.8. The molecule has 0 radical (unpaired) electrons. The van der Waals surface area contributed by atoms with Crippen molar-refractivity contribution in [3.05, 3.63) is 64.1 Å². The van der Waals surface area contributed by atoms with Crippen LogP contribution >= 0.6 is 15.9 Å². The molecular formula is C14H10BrNOS. The number of rotatable bonds is 3. The van der Waals surface area contributed by atoms with Crippen molar-refractivity contribution in [3.63, 3.8) is 0 Å². The van der Waals surface area contributed by atoms with Gasteiger partial charge in [-0.25, -0.2) is 0 Å². The van der Waals surface area contributed by atoms with Crippen LogP contribution in [0.2, 0.25) is 0 Å². The Kier molecular flexibility index (Phi) is 4.29. The third-order valence-electron chi connectivity index (χ3n) is 2.48. The standard InChI is InChI=1S/C14H10BrNOS/c15-13-6-3-7-14(8-13)18(17)10-12-5-2-1-4-11(12)9-16/h1-8H,10H2. The summed E-state index contributed by atoms with van der Waals surface area (Å²) in [6.45, 7) is 0. The predicted octanol–water partition coefficient (Wildman–Crippen LogP) is 3.63. The Balaban J connectivity index is 2.25. The molecule has 4 heteroatoms. The Labute approximate surface area is 117 Å². The molecule has 0 aliphatic heterocycles. The second kappa shape index (κ2) is 5.94. The average molecular weight is 320 g/mol. The first kappa shape index (κ1) is 13.0. The van der Waals surface area contributed by atoms with Crippen LogP contribution in [-0.4, -0.2) is 4.21 Å². The average Bonchev–Trinajstić information content (AvgIpc) is 2.39. The third-order valence-corrected chi connectivity index (χ3v) is 4.33. The van der Waals surface area contributed by atoms with Crippen LogP contribution in [0.4, 0.5) is 0 Å². The van der Waals surface area contributed by atoms with Crippen molar-refractivity contribution in [2.45, 2.75) is 10.6 Å². The lowest BCUT2D eigenvalue weighted by Crippen LogP contribution is -1.98. The van der Waals surface area contributed by atoms with E-state index in [1.165, 1.54) is 0 Å². The summed E-state index contributed by atoms with van der Waals surface area (Å²) in [7, 11) is -1.14. The molecule has 0 bridgehead atoms. The van der Waals surface area contributed by atoms with Gasteiger partial charge in [0.05, 0.1) is 28.2 Å². The Morgan fingerprint density at radius 3 is 2.67 bits per heavy atom. The summed E-state index contributed by atoms with van der Waals surface area (Å²) >= 11 is 3.36. The van der Waals surface area contributed by atoms with Gasteiger partial charge in [0.25, 0.3) is 0 Å². The zero-order valence-electron chi connectivity index (χ0n) is 9.47. The van der Waals surface area contributed by atoms with Crippen molar-refractivity contribution in [2.24, 2.45) is 0 Å². The number of nitrogens with zero attached hydrogens (tertiary/aromatic N) is 1. The number of hydrogen-bond donors (Lipinski definition) is 0. The smallest absolute Gasteiger partial charge is 0.0994 e. The largest absolute Gasteiger partial charge is 0.254 e. The molecule has 2 aromatic rings. The molecule has 0 fully saturated rings. The molecule has 0 N–H and O–H groups in total. The maximum Gasteiger partial charge on any atom is 0.0994 e. The van der Waals surface area contributed by atoms with Crippen LogP contribution in [0.1, 0.15) is 11.1 Å². The predicted molar refractivity (Wildman–Crippen MR) is 75.4 cm³/mol. The molecule has 0 aliphatic carbocycles. The lowest BCUT2D eigenvalue weighted by molar-refractivity contribution is 0.682. The molecule has 1 unspecified atom stereocenters. The van der Waals surface area contributed by atoms with Crippen LogP contribution < -0.4 is 0 Å². The molecule has 2 nitrogen and oxygen atoms in total. The normalized spacial score (nSPS) is 11.8. The highest BCUT2D eigenvalue weighted by Gasteiger charge is 2.08. The molecule has 90 valence electrons. The molecule has 0 spiro atoms. The number of benzene rings is 2. The van der Waals surface area contributed by atoms with Gasteiger partial charge in [0.15, 0.2) is 0 Å². The molecule has 0 saturated heterocycles. The van der Waals surface area contributed by atoms with E-state index in [0.717, 1.165) is 14.9 Å². The summed E-state index contributed by atoms with van der Waals surface area (Å²) < 4.78 is 13.1. The zero-order chi connectivity index (χ0) is 13.0. The van der Waals surface area contributed by atoms with Gasteiger partial charge in [-0.3, -0.25) is 4.21 Å². The first-order chi connectivity index (χ1) is 8.70. The quantitative estimate of drug-likeness (QED) is 0.866. The molecule has 18 heavy (non-hydrogen) atoms. The van der Waals surface area contributed by atoms with Gasteiger partial charge in [0.2, 0.25) is 0 Å². The summed E-state index contributed by atoms with van der Waals surface area (Å²) in [5, 5.41) is 8.99. The topological polar surface area (TPSA) is 40.9 Å². The SMILES string of the molecule is N#Cc1ccccc1CS(=O)c1cccc(Br)c1. The van der Waals surface area contributed by atoms with Crippen molar-refractivity contribution in [2.75, 3.05) is 0 Å². The molecule has 2 aromatic carbocycles. The number of nitriles is 1. The van der Waals surface area contributed by atoms with Crippen molar-refractivity contribution >= 4 is 26.7 Å². The fraction of sp³-hybridized carbons (Fsp3) is 0.0714. The summed E-state index contributed by atoms with van der Waals surface area (Å²) in [5.74, 6) is 0.361. The number of hydrogen-bond acceptors (Lipinski definition) is 2. The summed E-state index contributed by atoms with van der Waals surface area (Å²) in [6.07, 6.45) is 0. The second-order valence-corrected chi connectivity index (χ2v) is 6.08. The molecule has 0 aromatic heterocycles. The third kappa shape index (κ3) is 3.06. The van der Waals surface area contributed by atoms with E-state index < -0.39 is 10.8 Å². The van der Waals surface area contributed by atoms with E-state index in [1.54, 1.807) is 6.07 Å². The van der Waals surface area contributed by atoms with Crippen LogP contribution in [0.15, 0.2) is 57.9 Å². The molecule has 0 aliphatic rings. The molecule has 0 amide bonds. The minimum atomic E-state index is -1.14. The molecular weight excluding hydrogens is 310 g/mol. The van der Waals surface area contributed by atoms with Crippen LogP contribution in [0.3, 0.4) is 0 Å². The lowest BCUT2D eigenvalue weighted by atomic mass is 10.1. The van der Waals surface area contributed by atoms with E-state index in [9.17, 15) is 4.21 Å². The monoisotopic (exact) mass is 319 g/mol. The van der Waals surface area contributed by atoms with E-state index >= 15 is 0 Å². The van der Waals surface area contributed by atoms with E-state index in [0.29, 0.717) is 11.3 Å². The Morgan fingerprint density at radius 1 is 1.17 bits per heavy atom. The molecule has 0 heterocycles. The van der Waals surface area contributed by atoms with Gasteiger partial charge in [-0.05, 0) is 29.8 Å². The van der Waals surface area contributed by atoms with Crippen LogP contribution in [0, 0.1) is 11.3 Å². The Hall–Kier alpha value is -1.44. The highest BCUT2D eigenvalue weighted by atomic mass is 79.9. The van der Waals surface area contributed by atoms with Crippen molar-refractivity contribution in [1.29, 1.82) is 5.26 Å². The van der Waals surface area contributed by atoms with Crippen molar-refractivity contribution < 1.29 is 4.21 Å². The zero-order valence-corrected chi connectivity index (χ0v) is 11.9. The fourth-order valence-electron chi connectivity index (χ4n) is 1.59. The minimum Gasteiger partial charge on any atom is -0.254 e. The van der Waals surface area contributed by atoms with E-state index in [4.69, 9.17) is 5.26 Å². The van der Waals surface area contributed by atoms with Crippen LogP contribution in [-0.2, 0) is 16.6 Å². The number of halogens is 1. The molecule has 0 saturated carbocycles. The van der Waals surface area contributed by atoms with Crippen LogP contribution in [0.5, 0.6) is 0 Å². The van der Waals surface area contributed by atoms with Gasteiger partial charge in [0, 0.05) is 9.37 Å². The summed E-state index contributed by atoms with van der Waals surface area (Å²) in [4.78, 5) is 0.761. The minimum absolute atomic E-state index is 0.361. The first-order valence-corrected chi connectivity index (χ1v) is 7.44. The van der Waals surface area contributed by atoms with Gasteiger partial charge in [-0.1, -0.05) is 40.2 Å². The van der Waals surface area contributed by atoms with Gasteiger partial charge < -0.3 is 0 Å².